The minimum absolute atomic E-state index is 0.0348. The van der Waals surface area contributed by atoms with E-state index < -0.39 is 36.2 Å². The zero-order valence-electron chi connectivity index (χ0n) is 16.6. The average Bonchev–Trinajstić information content (AvgIpc) is 2.74. The summed E-state index contributed by atoms with van der Waals surface area (Å²) in [6.07, 6.45) is 0. The van der Waals surface area contributed by atoms with Gasteiger partial charge in [-0.2, -0.15) is 13.9 Å². The molecule has 0 radical (unpaired) electrons. The minimum Gasteiger partial charge on any atom is -0.451 e. The van der Waals surface area contributed by atoms with Crippen molar-refractivity contribution in [2.45, 2.75) is 13.5 Å². The molecular weight excluding hydrogens is 448 g/mol. The maximum Gasteiger partial charge on any atom is 0.387 e. The predicted octanol–water partition coefficient (Wildman–Crippen LogP) is 3.59. The van der Waals surface area contributed by atoms with Crippen molar-refractivity contribution in [1.29, 1.82) is 0 Å². The average molecular weight is 464 g/mol. The summed E-state index contributed by atoms with van der Waals surface area (Å²) in [5, 5.41) is 6.83. The Balaban J connectivity index is 1.71. The molecule has 2 aromatic carbocycles. The van der Waals surface area contributed by atoms with Gasteiger partial charge in [-0.05, 0) is 43.3 Å². The van der Waals surface area contributed by atoms with Gasteiger partial charge in [0.05, 0.1) is 11.4 Å². The number of esters is 1. The van der Waals surface area contributed by atoms with Crippen molar-refractivity contribution >= 4 is 29.2 Å². The fourth-order valence-corrected chi connectivity index (χ4v) is 2.81. The molecule has 0 aliphatic heterocycles. The highest BCUT2D eigenvalue weighted by molar-refractivity contribution is 6.30. The van der Waals surface area contributed by atoms with Crippen LogP contribution in [0.4, 0.5) is 14.5 Å². The molecule has 0 fully saturated rings. The van der Waals surface area contributed by atoms with Gasteiger partial charge >= 0.3 is 12.6 Å². The lowest BCUT2D eigenvalue weighted by atomic mass is 10.3. The van der Waals surface area contributed by atoms with Crippen molar-refractivity contribution in [3.8, 4) is 11.4 Å². The summed E-state index contributed by atoms with van der Waals surface area (Å²) in [5.74, 6) is -2.20. The Hall–Kier alpha value is -3.79. The minimum atomic E-state index is -3.08. The number of carbonyl (C=O) groups is 2. The van der Waals surface area contributed by atoms with E-state index in [9.17, 15) is 23.2 Å². The zero-order chi connectivity index (χ0) is 23.3. The molecule has 0 atom stereocenters. The van der Waals surface area contributed by atoms with Crippen molar-refractivity contribution in [1.82, 2.24) is 9.78 Å². The molecule has 1 heterocycles. The molecule has 0 aliphatic carbocycles. The second-order valence-electron chi connectivity index (χ2n) is 6.39. The van der Waals surface area contributed by atoms with E-state index in [0.717, 1.165) is 0 Å². The van der Waals surface area contributed by atoms with Crippen molar-refractivity contribution in [3.05, 3.63) is 81.2 Å². The lowest BCUT2D eigenvalue weighted by molar-refractivity contribution is -0.119. The number of aryl methyl sites for hydroxylation is 1. The summed E-state index contributed by atoms with van der Waals surface area (Å²) in [6.45, 7) is -2.23. The molecule has 3 aromatic rings. The summed E-state index contributed by atoms with van der Waals surface area (Å²) in [6, 6.07) is 13.3. The van der Waals surface area contributed by atoms with Crippen LogP contribution in [0, 0.1) is 6.92 Å². The number of halogens is 3. The van der Waals surface area contributed by atoms with Crippen molar-refractivity contribution < 1.29 is 27.8 Å². The van der Waals surface area contributed by atoms with Gasteiger partial charge in [0.1, 0.15) is 5.75 Å². The van der Waals surface area contributed by atoms with E-state index in [2.05, 4.69) is 15.2 Å². The number of hydrogen-bond acceptors (Lipinski definition) is 6. The number of ether oxygens (including phenoxy) is 2. The molecule has 166 valence electrons. The number of aromatic nitrogens is 2. The molecular formula is C21H16ClF2N3O5. The summed E-state index contributed by atoms with van der Waals surface area (Å²) in [4.78, 5) is 36.7. The third-order valence-electron chi connectivity index (χ3n) is 4.08. The number of hydrogen-bond donors (Lipinski definition) is 1. The van der Waals surface area contributed by atoms with Crippen molar-refractivity contribution in [2.75, 3.05) is 11.9 Å². The monoisotopic (exact) mass is 463 g/mol. The van der Waals surface area contributed by atoms with Crippen LogP contribution in [0.25, 0.3) is 5.69 Å². The maximum atomic E-state index is 12.5. The molecule has 0 saturated heterocycles. The first kappa shape index (κ1) is 22.9. The standard InChI is InChI=1S/C21H16ClF2N3O5/c1-12-10-16(28)19(26-27(12)14-8-6-13(22)7-9-14)20(30)31-11-18(29)25-15-4-2-3-5-17(15)32-21(23)24/h2-10,21H,11H2,1H3,(H,25,29). The number of amides is 1. The van der Waals surface area contributed by atoms with Gasteiger partial charge < -0.3 is 14.8 Å². The summed E-state index contributed by atoms with van der Waals surface area (Å²) < 4.78 is 35.5. The smallest absolute Gasteiger partial charge is 0.387 e. The first-order valence-electron chi connectivity index (χ1n) is 9.12. The molecule has 11 heteroatoms. The van der Waals surface area contributed by atoms with Gasteiger partial charge in [0.15, 0.2) is 6.61 Å². The van der Waals surface area contributed by atoms with Gasteiger partial charge in [-0.1, -0.05) is 23.7 Å². The summed E-state index contributed by atoms with van der Waals surface area (Å²) >= 11 is 5.87. The highest BCUT2D eigenvalue weighted by Gasteiger charge is 2.19. The summed E-state index contributed by atoms with van der Waals surface area (Å²) in [5.41, 5.74) is -0.238. The lowest BCUT2D eigenvalue weighted by Crippen LogP contribution is -2.27. The lowest BCUT2D eigenvalue weighted by Gasteiger charge is -2.12. The van der Waals surface area contributed by atoms with Gasteiger partial charge in [-0.15, -0.1) is 0 Å². The van der Waals surface area contributed by atoms with E-state index in [4.69, 9.17) is 16.3 Å². The quantitative estimate of drug-likeness (QED) is 0.537. The van der Waals surface area contributed by atoms with E-state index in [0.29, 0.717) is 16.4 Å². The van der Waals surface area contributed by atoms with Crippen LogP contribution in [0.15, 0.2) is 59.4 Å². The van der Waals surface area contributed by atoms with Crippen LogP contribution < -0.4 is 15.5 Å². The van der Waals surface area contributed by atoms with E-state index >= 15 is 0 Å². The molecule has 32 heavy (non-hydrogen) atoms. The molecule has 3 rings (SSSR count). The fourth-order valence-electron chi connectivity index (χ4n) is 2.69. The van der Waals surface area contributed by atoms with Crippen LogP contribution in [-0.2, 0) is 9.53 Å². The van der Waals surface area contributed by atoms with Crippen molar-refractivity contribution in [2.24, 2.45) is 0 Å². The van der Waals surface area contributed by atoms with Gasteiger partial charge in [-0.3, -0.25) is 9.59 Å². The second-order valence-corrected chi connectivity index (χ2v) is 6.82. The topological polar surface area (TPSA) is 99.5 Å². The van der Waals surface area contributed by atoms with Crippen LogP contribution in [0.2, 0.25) is 5.02 Å². The second kappa shape index (κ2) is 10.0. The molecule has 1 amide bonds. The highest BCUT2D eigenvalue weighted by atomic mass is 35.5. The van der Waals surface area contributed by atoms with Crippen LogP contribution >= 0.6 is 11.6 Å². The Morgan fingerprint density at radius 3 is 2.53 bits per heavy atom. The first-order valence-corrected chi connectivity index (χ1v) is 9.50. The van der Waals surface area contributed by atoms with Gasteiger partial charge in [0, 0.05) is 16.8 Å². The number of nitrogens with zero attached hydrogens (tertiary/aromatic N) is 2. The number of benzene rings is 2. The SMILES string of the molecule is Cc1cc(=O)c(C(=O)OCC(=O)Nc2ccccc2OC(F)F)nn1-c1ccc(Cl)cc1. The molecule has 0 saturated carbocycles. The number of rotatable bonds is 7. The van der Waals surface area contributed by atoms with E-state index in [1.807, 2.05) is 0 Å². The third kappa shape index (κ3) is 5.67. The number of alkyl halides is 2. The predicted molar refractivity (Wildman–Crippen MR) is 112 cm³/mol. The largest absolute Gasteiger partial charge is 0.451 e. The highest BCUT2D eigenvalue weighted by Crippen LogP contribution is 2.25. The van der Waals surface area contributed by atoms with E-state index in [1.165, 1.54) is 35.0 Å². The Kier molecular flexibility index (Phi) is 7.16. The van der Waals surface area contributed by atoms with Gasteiger partial charge in [0.2, 0.25) is 11.1 Å². The van der Waals surface area contributed by atoms with Crippen LogP contribution in [0.3, 0.4) is 0 Å². The molecule has 8 nitrogen and oxygen atoms in total. The summed E-state index contributed by atoms with van der Waals surface area (Å²) in [7, 11) is 0. The molecule has 0 spiro atoms. The molecule has 1 aromatic heterocycles. The van der Waals surface area contributed by atoms with Gasteiger partial charge in [-0.25, -0.2) is 9.48 Å². The Morgan fingerprint density at radius 2 is 1.84 bits per heavy atom. The van der Waals surface area contributed by atoms with Crippen LogP contribution in [0.1, 0.15) is 16.2 Å². The Labute approximate surface area is 185 Å². The van der Waals surface area contributed by atoms with Gasteiger partial charge in [0.25, 0.3) is 5.91 Å². The number of para-hydroxylation sites is 2. The normalized spacial score (nSPS) is 10.7. The first-order chi connectivity index (χ1) is 15.2. The third-order valence-corrected chi connectivity index (χ3v) is 4.34. The number of anilines is 1. The Morgan fingerprint density at radius 1 is 1.16 bits per heavy atom. The number of carbonyl (C=O) groups excluding carboxylic acids is 2. The van der Waals surface area contributed by atoms with Crippen molar-refractivity contribution in [3.63, 3.8) is 0 Å². The molecule has 0 unspecified atom stereocenters. The zero-order valence-corrected chi connectivity index (χ0v) is 17.3. The fraction of sp³-hybridized carbons (Fsp3) is 0.143. The molecule has 0 bridgehead atoms. The van der Waals surface area contributed by atoms with E-state index in [1.54, 1.807) is 31.2 Å². The van der Waals surface area contributed by atoms with E-state index in [-0.39, 0.29) is 11.4 Å². The maximum absolute atomic E-state index is 12.5. The van der Waals surface area contributed by atoms with Crippen LogP contribution in [-0.4, -0.2) is 34.9 Å². The Bertz CT molecular complexity index is 1200. The molecule has 0 aliphatic rings. The van der Waals surface area contributed by atoms with Crippen LogP contribution in [0.5, 0.6) is 5.75 Å². The number of nitrogens with one attached hydrogen (secondary N) is 1. The molecule has 1 N–H and O–H groups in total.